The molecule has 4 nitrogen and oxygen atoms in total. The number of nitrogens with one attached hydrogen (secondary N) is 1. The van der Waals surface area contributed by atoms with Crippen molar-refractivity contribution >= 4 is 28.4 Å². The number of carbonyl (C=O) groups is 1. The molecule has 1 aliphatic heterocycles. The minimum atomic E-state index is -1.12. The molecule has 0 bridgehead atoms. The van der Waals surface area contributed by atoms with Gasteiger partial charge < -0.3 is 10.4 Å². The van der Waals surface area contributed by atoms with E-state index in [1.54, 1.807) is 0 Å². The number of rotatable bonds is 3. The van der Waals surface area contributed by atoms with Crippen LogP contribution in [-0.2, 0) is 4.79 Å². The van der Waals surface area contributed by atoms with Crippen molar-refractivity contribution in [1.82, 2.24) is 0 Å². The highest BCUT2D eigenvalue weighted by Crippen LogP contribution is 2.25. The molecule has 1 heterocycles. The van der Waals surface area contributed by atoms with Crippen molar-refractivity contribution in [2.75, 3.05) is 17.6 Å². The number of nitrogens with zero attached hydrogens (tertiary/aromatic N) is 1. The van der Waals surface area contributed by atoms with Gasteiger partial charge >= 0.3 is 0 Å². The van der Waals surface area contributed by atoms with Crippen LogP contribution in [0, 0.1) is 17.6 Å². The second-order valence-electron chi connectivity index (χ2n) is 4.25. The smallest absolute Gasteiger partial charge is 0.236 e. The zero-order chi connectivity index (χ0) is 14.7. The fraction of sp³-hybridized carbons (Fsp3) is 0.385. The molecule has 0 saturated carbocycles. The number of amides is 1. The summed E-state index contributed by atoms with van der Waals surface area (Å²) >= 11 is 1.36. The second-order valence-corrected chi connectivity index (χ2v) is 5.53. The Labute approximate surface area is 119 Å². The topological polar surface area (TPSA) is 61.7 Å². The first kappa shape index (κ1) is 14.9. The molecule has 1 amide bonds. The third-order valence-electron chi connectivity index (χ3n) is 2.87. The summed E-state index contributed by atoms with van der Waals surface area (Å²) in [5, 5.41) is 12.6. The van der Waals surface area contributed by atoms with E-state index in [1.165, 1.54) is 23.9 Å². The fourth-order valence-corrected chi connectivity index (χ4v) is 2.84. The molecule has 0 saturated heterocycles. The highest BCUT2D eigenvalue weighted by atomic mass is 32.2. The summed E-state index contributed by atoms with van der Waals surface area (Å²) in [4.78, 5) is 16.2. The van der Waals surface area contributed by atoms with E-state index in [4.69, 9.17) is 0 Å². The van der Waals surface area contributed by atoms with Gasteiger partial charge in [0, 0.05) is 0 Å². The Kier molecular flexibility index (Phi) is 4.72. The molecule has 0 aromatic heterocycles. The molecule has 0 fully saturated rings. The standard InChI is InChI=1S/C13H14F2N2O2S/c1-2-20-13-10(9(18)6-16-13)12(19)17-8-5-3-4-7(14)11(8)15/h3-5,9-10,18H,2,6H2,1H3,(H,17,19). The lowest BCUT2D eigenvalue weighted by atomic mass is 10.1. The molecule has 2 rings (SSSR count). The molecular weight excluding hydrogens is 286 g/mol. The number of hydrogen-bond acceptors (Lipinski definition) is 4. The van der Waals surface area contributed by atoms with Crippen molar-refractivity contribution in [3.63, 3.8) is 0 Å². The molecule has 1 aromatic rings. The number of thioether (sulfide) groups is 1. The summed E-state index contributed by atoms with van der Waals surface area (Å²) in [5.74, 6) is -2.85. The van der Waals surface area contributed by atoms with Crippen LogP contribution in [0.5, 0.6) is 0 Å². The lowest BCUT2D eigenvalue weighted by Crippen LogP contribution is -2.35. The van der Waals surface area contributed by atoms with Gasteiger partial charge in [-0.05, 0) is 17.9 Å². The van der Waals surface area contributed by atoms with E-state index in [-0.39, 0.29) is 12.2 Å². The quantitative estimate of drug-likeness (QED) is 0.898. The minimum absolute atomic E-state index is 0.145. The van der Waals surface area contributed by atoms with Gasteiger partial charge in [0.25, 0.3) is 0 Å². The molecular formula is C13H14F2N2O2S. The molecule has 1 aliphatic rings. The van der Waals surface area contributed by atoms with Crippen molar-refractivity contribution in [2.45, 2.75) is 13.0 Å². The van der Waals surface area contributed by atoms with Gasteiger partial charge in [-0.2, -0.15) is 0 Å². The summed E-state index contributed by atoms with van der Waals surface area (Å²) in [6.45, 7) is 2.05. The van der Waals surface area contributed by atoms with E-state index in [1.807, 2.05) is 6.92 Å². The Morgan fingerprint density at radius 3 is 3.00 bits per heavy atom. The van der Waals surface area contributed by atoms with Crippen LogP contribution in [0.1, 0.15) is 6.92 Å². The van der Waals surface area contributed by atoms with E-state index >= 15 is 0 Å². The van der Waals surface area contributed by atoms with Crippen LogP contribution in [-0.4, -0.2) is 34.5 Å². The average molecular weight is 300 g/mol. The van der Waals surface area contributed by atoms with Gasteiger partial charge in [0.2, 0.25) is 5.91 Å². The number of aliphatic imine (C=N–C) groups is 1. The lowest BCUT2D eigenvalue weighted by molar-refractivity contribution is -0.120. The van der Waals surface area contributed by atoms with Gasteiger partial charge in [-0.3, -0.25) is 9.79 Å². The third-order valence-corrected chi connectivity index (χ3v) is 3.84. The number of benzene rings is 1. The Morgan fingerprint density at radius 2 is 2.30 bits per heavy atom. The van der Waals surface area contributed by atoms with E-state index < -0.39 is 29.6 Å². The number of halogens is 2. The molecule has 20 heavy (non-hydrogen) atoms. The molecule has 2 atom stereocenters. The van der Waals surface area contributed by atoms with E-state index in [9.17, 15) is 18.7 Å². The van der Waals surface area contributed by atoms with Gasteiger partial charge in [0.05, 0.1) is 23.4 Å². The maximum atomic E-state index is 13.5. The van der Waals surface area contributed by atoms with Gasteiger partial charge in [-0.15, -0.1) is 11.8 Å². The average Bonchev–Trinajstić information content (AvgIpc) is 2.77. The molecule has 2 unspecified atom stereocenters. The number of anilines is 1. The highest BCUT2D eigenvalue weighted by Gasteiger charge is 2.36. The van der Waals surface area contributed by atoms with Crippen LogP contribution in [0.15, 0.2) is 23.2 Å². The number of carbonyl (C=O) groups excluding carboxylic acids is 1. The molecule has 0 aliphatic carbocycles. The number of aliphatic hydroxyl groups excluding tert-OH is 1. The first-order chi connectivity index (χ1) is 9.54. The summed E-state index contributed by atoms with van der Waals surface area (Å²) in [7, 11) is 0. The lowest BCUT2D eigenvalue weighted by Gasteiger charge is -2.16. The third kappa shape index (κ3) is 2.99. The van der Waals surface area contributed by atoms with Gasteiger partial charge in [-0.1, -0.05) is 13.0 Å². The zero-order valence-corrected chi connectivity index (χ0v) is 11.6. The Hall–Kier alpha value is -1.47. The Morgan fingerprint density at radius 1 is 1.55 bits per heavy atom. The van der Waals surface area contributed by atoms with Crippen LogP contribution in [0.3, 0.4) is 0 Å². The van der Waals surface area contributed by atoms with E-state index in [2.05, 4.69) is 10.3 Å². The van der Waals surface area contributed by atoms with Crippen molar-refractivity contribution < 1.29 is 18.7 Å². The van der Waals surface area contributed by atoms with Crippen LogP contribution in [0.2, 0.25) is 0 Å². The maximum absolute atomic E-state index is 13.5. The van der Waals surface area contributed by atoms with E-state index in [0.717, 1.165) is 6.07 Å². The number of hydrogen-bond donors (Lipinski definition) is 2. The molecule has 2 N–H and O–H groups in total. The molecule has 108 valence electrons. The van der Waals surface area contributed by atoms with Crippen molar-refractivity contribution in [3.05, 3.63) is 29.8 Å². The first-order valence-corrected chi connectivity index (χ1v) is 7.13. The van der Waals surface area contributed by atoms with Crippen LogP contribution in [0.4, 0.5) is 14.5 Å². The fourth-order valence-electron chi connectivity index (χ4n) is 1.93. The molecule has 0 radical (unpaired) electrons. The van der Waals surface area contributed by atoms with Gasteiger partial charge in [-0.25, -0.2) is 8.78 Å². The minimum Gasteiger partial charge on any atom is -0.390 e. The Bertz CT molecular complexity index is 551. The second kappa shape index (κ2) is 6.32. The van der Waals surface area contributed by atoms with Gasteiger partial charge in [0.1, 0.15) is 5.92 Å². The van der Waals surface area contributed by atoms with Crippen LogP contribution < -0.4 is 5.32 Å². The zero-order valence-electron chi connectivity index (χ0n) is 10.8. The molecule has 1 aromatic carbocycles. The van der Waals surface area contributed by atoms with Crippen molar-refractivity contribution in [2.24, 2.45) is 10.9 Å². The van der Waals surface area contributed by atoms with Crippen LogP contribution >= 0.6 is 11.8 Å². The number of aliphatic hydroxyl groups is 1. The van der Waals surface area contributed by atoms with Crippen molar-refractivity contribution in [1.29, 1.82) is 0 Å². The summed E-state index contributed by atoms with van der Waals surface area (Å²) in [5.41, 5.74) is -0.241. The summed E-state index contributed by atoms with van der Waals surface area (Å²) < 4.78 is 26.6. The Balaban J connectivity index is 2.15. The molecule has 0 spiro atoms. The highest BCUT2D eigenvalue weighted by molar-refractivity contribution is 8.14. The predicted molar refractivity (Wildman–Crippen MR) is 74.9 cm³/mol. The predicted octanol–water partition coefficient (Wildman–Crippen LogP) is 2.05. The summed E-state index contributed by atoms with van der Waals surface area (Å²) in [6.07, 6.45) is -0.930. The van der Waals surface area contributed by atoms with E-state index in [0.29, 0.717) is 10.8 Å². The largest absolute Gasteiger partial charge is 0.390 e. The monoisotopic (exact) mass is 300 g/mol. The molecule has 7 heteroatoms. The summed E-state index contributed by atoms with van der Waals surface area (Å²) in [6, 6.07) is 3.53. The first-order valence-electron chi connectivity index (χ1n) is 6.14. The van der Waals surface area contributed by atoms with Gasteiger partial charge in [0.15, 0.2) is 11.6 Å². The van der Waals surface area contributed by atoms with Crippen molar-refractivity contribution in [3.8, 4) is 0 Å². The van der Waals surface area contributed by atoms with Crippen LogP contribution in [0.25, 0.3) is 0 Å². The normalized spacial score (nSPS) is 21.7. The maximum Gasteiger partial charge on any atom is 0.236 e. The SMILES string of the molecule is CCSC1=NCC(O)C1C(=O)Nc1cccc(F)c1F.